The zero-order chi connectivity index (χ0) is 19.9. The van der Waals surface area contributed by atoms with Crippen LogP contribution in [0.25, 0.3) is 0 Å². The second kappa shape index (κ2) is 13.4. The predicted molar refractivity (Wildman–Crippen MR) is 96.0 cm³/mol. The zero-order valence-corrected chi connectivity index (χ0v) is 14.4. The molecule has 0 fully saturated rings. The maximum atomic E-state index is 13.5. The quantitative estimate of drug-likeness (QED) is 0.251. The monoisotopic (exact) mass is 368 g/mol. The molecule has 8 heteroatoms. The highest BCUT2D eigenvalue weighted by molar-refractivity contribution is 5.23. The van der Waals surface area contributed by atoms with Gasteiger partial charge in [-0.3, -0.25) is 20.2 Å². The molecule has 0 aliphatic carbocycles. The summed E-state index contributed by atoms with van der Waals surface area (Å²) in [5.41, 5.74) is 0.0588. The number of unbranched alkanes of at least 4 members (excludes halogenated alkanes) is 1. The lowest BCUT2D eigenvalue weighted by Crippen LogP contribution is -2.14. The highest BCUT2D eigenvalue weighted by Crippen LogP contribution is 2.25. The first kappa shape index (κ1) is 23.1. The lowest BCUT2D eigenvalue weighted by Gasteiger charge is -2.13. The first-order chi connectivity index (χ1) is 12.3. The number of nitrogens with zero attached hydrogens (tertiary/aromatic N) is 2. The Balaban J connectivity index is 0.000000590. The fraction of sp³-hybridized carbons (Fsp3) is 0.333. The van der Waals surface area contributed by atoms with E-state index in [1.165, 1.54) is 18.2 Å². The Morgan fingerprint density at radius 2 is 1.73 bits per heavy atom. The van der Waals surface area contributed by atoms with E-state index < -0.39 is 33.9 Å². The number of benzene rings is 1. The molecule has 0 bridgehead atoms. The molecular formula is C18H22F2N2O4. The molecule has 142 valence electrons. The van der Waals surface area contributed by atoms with Gasteiger partial charge in [0.2, 0.25) is 12.7 Å². The van der Waals surface area contributed by atoms with Gasteiger partial charge in [0, 0.05) is 10.5 Å². The smallest absolute Gasteiger partial charge is 0.230 e. The molecule has 0 unspecified atom stereocenters. The van der Waals surface area contributed by atoms with Crippen LogP contribution in [0.15, 0.2) is 55.8 Å². The highest BCUT2D eigenvalue weighted by Gasteiger charge is 2.22. The lowest BCUT2D eigenvalue weighted by atomic mass is 9.93. The molecule has 0 spiro atoms. The Morgan fingerprint density at radius 1 is 1.08 bits per heavy atom. The third kappa shape index (κ3) is 10.1. The summed E-state index contributed by atoms with van der Waals surface area (Å²) in [6.45, 7) is 6.57. The molecule has 0 N–H and O–H groups in total. The van der Waals surface area contributed by atoms with Gasteiger partial charge in [-0.05, 0) is 37.8 Å². The van der Waals surface area contributed by atoms with Crippen molar-refractivity contribution in [3.63, 3.8) is 0 Å². The van der Waals surface area contributed by atoms with Gasteiger partial charge in [0.05, 0.1) is 10.8 Å². The van der Waals surface area contributed by atoms with Crippen molar-refractivity contribution in [2.75, 3.05) is 6.54 Å². The van der Waals surface area contributed by atoms with E-state index in [4.69, 9.17) is 0 Å². The zero-order valence-electron chi connectivity index (χ0n) is 14.4. The van der Waals surface area contributed by atoms with Gasteiger partial charge in [-0.1, -0.05) is 24.3 Å². The largest absolute Gasteiger partial charge is 0.265 e. The normalized spacial score (nSPS) is 11.3. The van der Waals surface area contributed by atoms with Crippen LogP contribution in [0.1, 0.15) is 37.2 Å². The van der Waals surface area contributed by atoms with Crippen LogP contribution < -0.4 is 0 Å². The Morgan fingerprint density at radius 3 is 2.27 bits per heavy atom. The molecule has 0 saturated heterocycles. The topological polar surface area (TPSA) is 86.3 Å². The molecule has 0 radical (unpaired) electrons. The van der Waals surface area contributed by atoms with E-state index in [-0.39, 0.29) is 5.56 Å². The molecule has 1 atom stereocenters. The Kier molecular flexibility index (Phi) is 11.9. The minimum absolute atomic E-state index is 0.0588. The van der Waals surface area contributed by atoms with E-state index in [2.05, 4.69) is 13.2 Å². The fourth-order valence-corrected chi connectivity index (χ4v) is 2.05. The second-order valence-electron chi connectivity index (χ2n) is 5.26. The molecule has 0 heterocycles. The van der Waals surface area contributed by atoms with Crippen molar-refractivity contribution < 1.29 is 18.6 Å². The van der Waals surface area contributed by atoms with Gasteiger partial charge in [-0.2, -0.15) is 0 Å². The van der Waals surface area contributed by atoms with Crippen LogP contribution in [0.3, 0.4) is 0 Å². The molecule has 1 aromatic carbocycles. The van der Waals surface area contributed by atoms with Gasteiger partial charge in [0.1, 0.15) is 0 Å². The molecule has 0 aliphatic heterocycles. The summed E-state index contributed by atoms with van der Waals surface area (Å²) in [7, 11) is 0. The van der Waals surface area contributed by atoms with Crippen LogP contribution >= 0.6 is 0 Å². The highest BCUT2D eigenvalue weighted by atomic mass is 19.2. The standard InChI is InChI=1S/C12H13F2NO2.C6H9NO2/c1-2-3-5-9(8-15(16)17)10-6-4-7-11(13)12(10)14;1-2-3-4-5-6-7(8)9/h2,4,6-7,9H,1,3,5,8H2;2,5-6H,1,3-4H2/b;6-5+/t9-;/m1./s1. The van der Waals surface area contributed by atoms with E-state index >= 15 is 0 Å². The van der Waals surface area contributed by atoms with Gasteiger partial charge >= 0.3 is 0 Å². The van der Waals surface area contributed by atoms with Crippen molar-refractivity contribution in [1.82, 2.24) is 0 Å². The summed E-state index contributed by atoms with van der Waals surface area (Å²) in [5.74, 6) is -2.60. The molecular weight excluding hydrogens is 346 g/mol. The van der Waals surface area contributed by atoms with Crippen molar-refractivity contribution in [3.05, 3.63) is 93.2 Å². The van der Waals surface area contributed by atoms with Gasteiger partial charge < -0.3 is 0 Å². The number of nitro groups is 2. The van der Waals surface area contributed by atoms with Crippen molar-refractivity contribution in [2.24, 2.45) is 0 Å². The van der Waals surface area contributed by atoms with Crippen molar-refractivity contribution in [2.45, 2.75) is 31.6 Å². The Bertz CT molecular complexity index is 648. The van der Waals surface area contributed by atoms with E-state index in [1.54, 1.807) is 12.2 Å². The van der Waals surface area contributed by atoms with E-state index in [0.717, 1.165) is 18.7 Å². The maximum Gasteiger partial charge on any atom is 0.230 e. The molecule has 6 nitrogen and oxygen atoms in total. The SMILES string of the molecule is C=CCC/C=C/[N+](=O)[O-].C=CCC[C@H](C[N+](=O)[O-])c1cccc(F)c1F. The van der Waals surface area contributed by atoms with Gasteiger partial charge in [0.25, 0.3) is 0 Å². The minimum atomic E-state index is -0.997. The predicted octanol–water partition coefficient (Wildman–Crippen LogP) is 5.03. The van der Waals surface area contributed by atoms with E-state index in [0.29, 0.717) is 19.3 Å². The molecule has 0 aliphatic rings. The maximum absolute atomic E-state index is 13.5. The number of rotatable bonds is 10. The summed E-state index contributed by atoms with van der Waals surface area (Å²) < 4.78 is 26.5. The Hall–Kier alpha value is -2.90. The van der Waals surface area contributed by atoms with Gasteiger partial charge in [-0.15, -0.1) is 13.2 Å². The summed E-state index contributed by atoms with van der Waals surface area (Å²) in [6.07, 6.45) is 8.19. The molecule has 0 amide bonds. The summed E-state index contributed by atoms with van der Waals surface area (Å²) in [6, 6.07) is 3.74. The number of allylic oxidation sites excluding steroid dienone is 3. The molecule has 26 heavy (non-hydrogen) atoms. The fourth-order valence-electron chi connectivity index (χ4n) is 2.05. The van der Waals surface area contributed by atoms with Crippen LogP contribution in [0, 0.1) is 31.9 Å². The van der Waals surface area contributed by atoms with Crippen molar-refractivity contribution >= 4 is 0 Å². The average molecular weight is 368 g/mol. The first-order valence-electron chi connectivity index (χ1n) is 7.91. The molecule has 0 saturated carbocycles. The number of hydrogen-bond donors (Lipinski definition) is 0. The minimum Gasteiger partial charge on any atom is -0.265 e. The summed E-state index contributed by atoms with van der Waals surface area (Å²) in [5, 5.41) is 20.2. The summed E-state index contributed by atoms with van der Waals surface area (Å²) in [4.78, 5) is 19.2. The third-order valence-electron chi connectivity index (χ3n) is 3.27. The van der Waals surface area contributed by atoms with E-state index in [1.807, 2.05) is 0 Å². The summed E-state index contributed by atoms with van der Waals surface area (Å²) >= 11 is 0. The molecule has 1 rings (SSSR count). The molecule has 1 aromatic rings. The van der Waals surface area contributed by atoms with Crippen LogP contribution in [0.2, 0.25) is 0 Å². The van der Waals surface area contributed by atoms with Gasteiger partial charge in [-0.25, -0.2) is 8.78 Å². The second-order valence-corrected chi connectivity index (χ2v) is 5.26. The van der Waals surface area contributed by atoms with Crippen LogP contribution in [-0.2, 0) is 0 Å². The average Bonchev–Trinajstić information content (AvgIpc) is 2.58. The first-order valence-corrected chi connectivity index (χ1v) is 7.91. The number of hydrogen-bond acceptors (Lipinski definition) is 4. The lowest BCUT2D eigenvalue weighted by molar-refractivity contribution is -0.483. The van der Waals surface area contributed by atoms with Crippen molar-refractivity contribution in [3.8, 4) is 0 Å². The van der Waals surface area contributed by atoms with Crippen LogP contribution in [0.5, 0.6) is 0 Å². The molecule has 0 aromatic heterocycles. The van der Waals surface area contributed by atoms with Crippen LogP contribution in [-0.4, -0.2) is 16.4 Å². The van der Waals surface area contributed by atoms with Crippen LogP contribution in [0.4, 0.5) is 8.78 Å². The van der Waals surface area contributed by atoms with Gasteiger partial charge in [0.15, 0.2) is 11.6 Å². The Labute approximate surface area is 150 Å². The van der Waals surface area contributed by atoms with E-state index in [9.17, 15) is 29.0 Å². The third-order valence-corrected chi connectivity index (χ3v) is 3.27. The number of halogens is 2. The van der Waals surface area contributed by atoms with Crippen molar-refractivity contribution in [1.29, 1.82) is 0 Å².